The minimum Gasteiger partial charge on any atom is -0.489 e. The Hall–Kier alpha value is -1.62. The van der Waals surface area contributed by atoms with Crippen LogP contribution in [0.4, 0.5) is 5.69 Å². The molecular formula is C12H16N2O3. The predicted molar refractivity (Wildman–Crippen MR) is 64.4 cm³/mol. The Morgan fingerprint density at radius 1 is 1.53 bits per heavy atom. The van der Waals surface area contributed by atoms with Gasteiger partial charge in [0.05, 0.1) is 4.92 Å². The van der Waals surface area contributed by atoms with E-state index in [0.29, 0.717) is 11.3 Å². The second-order valence-electron chi connectivity index (χ2n) is 4.29. The van der Waals surface area contributed by atoms with E-state index in [-0.39, 0.29) is 16.7 Å². The maximum absolute atomic E-state index is 10.7. The summed E-state index contributed by atoms with van der Waals surface area (Å²) in [5.41, 5.74) is 0.774. The van der Waals surface area contributed by atoms with E-state index in [1.54, 1.807) is 19.1 Å². The standard InChI is InChI=1S/C12H16N2O3/c1-9-7-10(4-5-12(9)14(15)16)17-11-3-2-6-13-8-11/h4-5,7,11,13H,2-3,6,8H2,1H3. The number of hydrogen-bond donors (Lipinski definition) is 1. The molecule has 1 unspecified atom stereocenters. The number of nitrogens with one attached hydrogen (secondary N) is 1. The molecule has 1 N–H and O–H groups in total. The smallest absolute Gasteiger partial charge is 0.272 e. The van der Waals surface area contributed by atoms with Gasteiger partial charge in [0, 0.05) is 18.2 Å². The average molecular weight is 236 g/mol. The molecule has 1 aromatic carbocycles. The van der Waals surface area contributed by atoms with Gasteiger partial charge >= 0.3 is 0 Å². The van der Waals surface area contributed by atoms with Gasteiger partial charge < -0.3 is 10.1 Å². The third-order valence-electron chi connectivity index (χ3n) is 2.92. The van der Waals surface area contributed by atoms with Gasteiger partial charge in [0.1, 0.15) is 11.9 Å². The van der Waals surface area contributed by atoms with Gasteiger partial charge in [-0.05, 0) is 38.4 Å². The highest BCUT2D eigenvalue weighted by atomic mass is 16.6. The Morgan fingerprint density at radius 3 is 2.94 bits per heavy atom. The highest BCUT2D eigenvalue weighted by molar-refractivity contribution is 5.44. The van der Waals surface area contributed by atoms with E-state index in [2.05, 4.69) is 5.32 Å². The minimum atomic E-state index is -0.374. The fourth-order valence-corrected chi connectivity index (χ4v) is 2.02. The molecule has 5 heteroatoms. The molecule has 0 spiro atoms. The zero-order chi connectivity index (χ0) is 12.3. The molecule has 1 aromatic rings. The van der Waals surface area contributed by atoms with Gasteiger partial charge in [0.2, 0.25) is 0 Å². The third kappa shape index (κ3) is 2.94. The van der Waals surface area contributed by atoms with Crippen molar-refractivity contribution in [2.45, 2.75) is 25.9 Å². The first-order valence-electron chi connectivity index (χ1n) is 5.79. The highest BCUT2D eigenvalue weighted by Gasteiger charge is 2.16. The molecule has 2 rings (SSSR count). The van der Waals surface area contributed by atoms with Gasteiger partial charge in [-0.25, -0.2) is 0 Å². The van der Waals surface area contributed by atoms with Crippen molar-refractivity contribution in [2.24, 2.45) is 0 Å². The van der Waals surface area contributed by atoms with Crippen LogP contribution in [0.2, 0.25) is 0 Å². The fourth-order valence-electron chi connectivity index (χ4n) is 2.02. The number of nitrogens with zero attached hydrogens (tertiary/aromatic N) is 1. The Balaban J connectivity index is 2.06. The lowest BCUT2D eigenvalue weighted by Gasteiger charge is -2.24. The summed E-state index contributed by atoms with van der Waals surface area (Å²) < 4.78 is 5.79. The highest BCUT2D eigenvalue weighted by Crippen LogP contribution is 2.24. The summed E-state index contributed by atoms with van der Waals surface area (Å²) in [7, 11) is 0. The van der Waals surface area contributed by atoms with Gasteiger partial charge in [0.15, 0.2) is 0 Å². The Morgan fingerprint density at radius 2 is 2.35 bits per heavy atom. The van der Waals surface area contributed by atoms with Crippen LogP contribution >= 0.6 is 0 Å². The Bertz CT molecular complexity index is 414. The van der Waals surface area contributed by atoms with Crippen LogP contribution in [0.3, 0.4) is 0 Å². The quantitative estimate of drug-likeness (QED) is 0.644. The number of aryl methyl sites for hydroxylation is 1. The molecule has 0 aromatic heterocycles. The van der Waals surface area contributed by atoms with E-state index >= 15 is 0 Å². The molecule has 0 radical (unpaired) electrons. The number of nitro groups is 1. The van der Waals surface area contributed by atoms with E-state index in [1.165, 1.54) is 6.07 Å². The molecule has 1 aliphatic heterocycles. The Kier molecular flexibility index (Phi) is 3.58. The maximum atomic E-state index is 10.7. The summed E-state index contributed by atoms with van der Waals surface area (Å²) in [6.45, 7) is 3.61. The SMILES string of the molecule is Cc1cc(OC2CCCNC2)ccc1[N+](=O)[O-]. The molecule has 1 fully saturated rings. The number of nitro benzene ring substituents is 1. The van der Waals surface area contributed by atoms with Crippen molar-refractivity contribution >= 4 is 5.69 Å². The number of piperidine rings is 1. The van der Waals surface area contributed by atoms with Crippen LogP contribution in [0.15, 0.2) is 18.2 Å². The number of ether oxygens (including phenoxy) is 1. The largest absolute Gasteiger partial charge is 0.489 e. The van der Waals surface area contributed by atoms with E-state index in [1.807, 2.05) is 0 Å². The van der Waals surface area contributed by atoms with Crippen LogP contribution in [0.1, 0.15) is 18.4 Å². The predicted octanol–water partition coefficient (Wildman–Crippen LogP) is 2.03. The summed E-state index contributed by atoms with van der Waals surface area (Å²) in [5.74, 6) is 0.710. The molecule has 0 aliphatic carbocycles. The van der Waals surface area contributed by atoms with Crippen LogP contribution in [0, 0.1) is 17.0 Å². The topological polar surface area (TPSA) is 64.4 Å². The van der Waals surface area contributed by atoms with Gasteiger partial charge in [-0.3, -0.25) is 10.1 Å². The summed E-state index contributed by atoms with van der Waals surface area (Å²) in [6, 6.07) is 4.90. The average Bonchev–Trinajstić information content (AvgIpc) is 2.30. The first-order valence-corrected chi connectivity index (χ1v) is 5.79. The van der Waals surface area contributed by atoms with E-state index in [0.717, 1.165) is 25.9 Å². The molecule has 0 saturated carbocycles. The second-order valence-corrected chi connectivity index (χ2v) is 4.29. The van der Waals surface area contributed by atoms with Crippen molar-refractivity contribution in [1.29, 1.82) is 0 Å². The van der Waals surface area contributed by atoms with Crippen molar-refractivity contribution in [3.05, 3.63) is 33.9 Å². The molecule has 17 heavy (non-hydrogen) atoms. The first-order chi connectivity index (χ1) is 8.16. The van der Waals surface area contributed by atoms with Gasteiger partial charge in [-0.15, -0.1) is 0 Å². The maximum Gasteiger partial charge on any atom is 0.272 e. The van der Waals surface area contributed by atoms with Crippen LogP contribution in [0.25, 0.3) is 0 Å². The van der Waals surface area contributed by atoms with E-state index in [9.17, 15) is 10.1 Å². The molecule has 1 aliphatic rings. The van der Waals surface area contributed by atoms with Crippen molar-refractivity contribution < 1.29 is 9.66 Å². The zero-order valence-corrected chi connectivity index (χ0v) is 9.81. The molecule has 0 bridgehead atoms. The third-order valence-corrected chi connectivity index (χ3v) is 2.92. The van der Waals surface area contributed by atoms with Gasteiger partial charge in [0.25, 0.3) is 5.69 Å². The van der Waals surface area contributed by atoms with Crippen LogP contribution in [-0.2, 0) is 0 Å². The lowest BCUT2D eigenvalue weighted by Crippen LogP contribution is -2.37. The Labute approximate surface area is 99.9 Å². The van der Waals surface area contributed by atoms with Crippen LogP contribution < -0.4 is 10.1 Å². The summed E-state index contributed by atoms with van der Waals surface area (Å²) in [6.07, 6.45) is 2.31. The summed E-state index contributed by atoms with van der Waals surface area (Å²) in [5, 5.41) is 13.9. The number of hydrogen-bond acceptors (Lipinski definition) is 4. The van der Waals surface area contributed by atoms with Crippen LogP contribution in [0.5, 0.6) is 5.75 Å². The number of benzene rings is 1. The number of rotatable bonds is 3. The second kappa shape index (κ2) is 5.14. The lowest BCUT2D eigenvalue weighted by molar-refractivity contribution is -0.385. The van der Waals surface area contributed by atoms with E-state index < -0.39 is 0 Å². The molecule has 0 amide bonds. The first kappa shape index (κ1) is 11.9. The summed E-state index contributed by atoms with van der Waals surface area (Å²) in [4.78, 5) is 10.3. The zero-order valence-electron chi connectivity index (χ0n) is 9.81. The molecular weight excluding hydrogens is 220 g/mol. The van der Waals surface area contributed by atoms with Crippen molar-refractivity contribution in [1.82, 2.24) is 5.32 Å². The molecule has 5 nitrogen and oxygen atoms in total. The molecule has 1 atom stereocenters. The minimum absolute atomic E-state index is 0.138. The fraction of sp³-hybridized carbons (Fsp3) is 0.500. The van der Waals surface area contributed by atoms with Crippen molar-refractivity contribution in [2.75, 3.05) is 13.1 Å². The molecule has 1 saturated heterocycles. The van der Waals surface area contributed by atoms with E-state index in [4.69, 9.17) is 4.74 Å². The summed E-state index contributed by atoms with van der Waals surface area (Å²) >= 11 is 0. The van der Waals surface area contributed by atoms with Crippen molar-refractivity contribution in [3.63, 3.8) is 0 Å². The lowest BCUT2D eigenvalue weighted by atomic mass is 10.1. The monoisotopic (exact) mass is 236 g/mol. The van der Waals surface area contributed by atoms with Crippen LogP contribution in [-0.4, -0.2) is 24.1 Å². The molecule has 1 heterocycles. The van der Waals surface area contributed by atoms with Gasteiger partial charge in [-0.1, -0.05) is 0 Å². The van der Waals surface area contributed by atoms with Crippen molar-refractivity contribution in [3.8, 4) is 5.75 Å². The molecule has 92 valence electrons. The normalized spacial score (nSPS) is 19.9. The van der Waals surface area contributed by atoms with Gasteiger partial charge in [-0.2, -0.15) is 0 Å².